The molecule has 0 aromatic heterocycles. The van der Waals surface area contributed by atoms with Gasteiger partial charge in [-0.1, -0.05) is 0 Å². The molecular weight excluding hydrogens is 170 g/mol. The van der Waals surface area contributed by atoms with E-state index in [9.17, 15) is 14.4 Å². The third-order valence-corrected chi connectivity index (χ3v) is 1.77. The quantitative estimate of drug-likeness (QED) is 0.444. The van der Waals surface area contributed by atoms with Crippen LogP contribution in [-0.2, 0) is 14.4 Å². The fourth-order valence-corrected chi connectivity index (χ4v) is 1.09. The van der Waals surface area contributed by atoms with Gasteiger partial charge in [-0.3, -0.25) is 19.7 Å². The Kier molecular flexibility index (Phi) is 2.24. The Labute approximate surface area is 67.9 Å². The van der Waals surface area contributed by atoms with Gasteiger partial charge in [0.05, 0.1) is 5.92 Å². The van der Waals surface area contributed by atoms with Gasteiger partial charge in [0.1, 0.15) is 0 Å². The first kappa shape index (κ1) is 8.20. The van der Waals surface area contributed by atoms with E-state index in [1.165, 1.54) is 0 Å². The van der Waals surface area contributed by atoms with Crippen LogP contribution in [0.25, 0.3) is 0 Å². The van der Waals surface area contributed by atoms with Crippen molar-refractivity contribution in [2.45, 2.75) is 12.8 Å². The summed E-state index contributed by atoms with van der Waals surface area (Å²) in [5.74, 6) is -1.49. The second kappa shape index (κ2) is 3.00. The van der Waals surface area contributed by atoms with E-state index in [1.54, 1.807) is 0 Å². The Morgan fingerprint density at radius 1 is 1.36 bits per heavy atom. The highest BCUT2D eigenvalue weighted by atomic mass is 35.5. The first-order chi connectivity index (χ1) is 5.09. The Morgan fingerprint density at radius 3 is 2.18 bits per heavy atom. The molecule has 2 amide bonds. The van der Waals surface area contributed by atoms with Crippen molar-refractivity contribution in [1.82, 2.24) is 5.32 Å². The molecule has 11 heavy (non-hydrogen) atoms. The van der Waals surface area contributed by atoms with Crippen molar-refractivity contribution >= 4 is 28.7 Å². The van der Waals surface area contributed by atoms with Crippen molar-refractivity contribution < 1.29 is 14.4 Å². The minimum absolute atomic E-state index is 0.0219. The molecule has 1 aliphatic heterocycles. The molecule has 1 N–H and O–H groups in total. The van der Waals surface area contributed by atoms with Crippen LogP contribution in [0.5, 0.6) is 0 Å². The summed E-state index contributed by atoms with van der Waals surface area (Å²) in [4.78, 5) is 31.8. The minimum atomic E-state index is -0.627. The molecule has 1 saturated heterocycles. The normalized spacial score (nSPS) is 19.7. The highest BCUT2D eigenvalue weighted by Gasteiger charge is 2.28. The molecule has 60 valence electrons. The number of halogens is 1. The monoisotopic (exact) mass is 175 g/mol. The number of carbonyl (C=O) groups excluding carboxylic acids is 3. The maximum atomic E-state index is 10.6. The van der Waals surface area contributed by atoms with Crippen LogP contribution in [0.2, 0.25) is 0 Å². The molecule has 0 bridgehead atoms. The summed E-state index contributed by atoms with van der Waals surface area (Å²) in [6, 6.07) is 0. The van der Waals surface area contributed by atoms with E-state index in [4.69, 9.17) is 11.6 Å². The van der Waals surface area contributed by atoms with E-state index in [-0.39, 0.29) is 12.8 Å². The van der Waals surface area contributed by atoms with Gasteiger partial charge in [-0.15, -0.1) is 0 Å². The standard InChI is InChI=1S/C6H6ClNO3/c7-6(11)3-1-4(9)8-5(10)2-3/h3H,1-2H2,(H,8,9,10). The Hall–Kier alpha value is -0.900. The fourth-order valence-electron chi connectivity index (χ4n) is 0.938. The molecule has 4 nitrogen and oxygen atoms in total. The summed E-state index contributed by atoms with van der Waals surface area (Å²) in [6.07, 6.45) is 0.0438. The topological polar surface area (TPSA) is 63.2 Å². The predicted molar refractivity (Wildman–Crippen MR) is 36.7 cm³/mol. The third-order valence-electron chi connectivity index (χ3n) is 1.46. The summed E-state index contributed by atoms with van der Waals surface area (Å²) in [6.45, 7) is 0. The highest BCUT2D eigenvalue weighted by molar-refractivity contribution is 6.64. The Bertz CT molecular complexity index is 210. The maximum absolute atomic E-state index is 10.6. The summed E-state index contributed by atoms with van der Waals surface area (Å²) in [5, 5.41) is 1.46. The highest BCUT2D eigenvalue weighted by Crippen LogP contribution is 2.15. The zero-order valence-corrected chi connectivity index (χ0v) is 6.35. The smallest absolute Gasteiger partial charge is 0.227 e. The molecule has 0 spiro atoms. The number of nitrogens with one attached hydrogen (secondary N) is 1. The largest absolute Gasteiger partial charge is 0.296 e. The minimum Gasteiger partial charge on any atom is -0.296 e. The molecule has 1 fully saturated rings. The summed E-state index contributed by atoms with van der Waals surface area (Å²) < 4.78 is 0. The second-order valence-corrected chi connectivity index (χ2v) is 2.75. The van der Waals surface area contributed by atoms with E-state index in [0.717, 1.165) is 0 Å². The lowest BCUT2D eigenvalue weighted by Gasteiger charge is -2.16. The lowest BCUT2D eigenvalue weighted by Crippen LogP contribution is -2.40. The summed E-state index contributed by atoms with van der Waals surface area (Å²) in [7, 11) is 0. The number of amides is 2. The zero-order chi connectivity index (χ0) is 8.43. The summed E-state index contributed by atoms with van der Waals surface area (Å²) >= 11 is 5.12. The van der Waals surface area contributed by atoms with E-state index >= 15 is 0 Å². The van der Waals surface area contributed by atoms with E-state index in [1.807, 2.05) is 0 Å². The number of carbonyl (C=O) groups is 3. The van der Waals surface area contributed by atoms with Crippen molar-refractivity contribution in [1.29, 1.82) is 0 Å². The number of imide groups is 1. The molecule has 5 heteroatoms. The van der Waals surface area contributed by atoms with Gasteiger partial charge >= 0.3 is 0 Å². The van der Waals surface area contributed by atoms with E-state index in [2.05, 4.69) is 5.32 Å². The van der Waals surface area contributed by atoms with Crippen molar-refractivity contribution in [3.8, 4) is 0 Å². The molecule has 1 rings (SSSR count). The predicted octanol–water partition coefficient (Wildman–Crippen LogP) is -0.195. The van der Waals surface area contributed by atoms with Gasteiger partial charge in [-0.05, 0) is 11.6 Å². The second-order valence-electron chi connectivity index (χ2n) is 2.38. The lowest BCUT2D eigenvalue weighted by atomic mass is 9.99. The number of rotatable bonds is 1. The van der Waals surface area contributed by atoms with Gasteiger partial charge in [-0.25, -0.2) is 0 Å². The SMILES string of the molecule is O=C1CC(C(=O)Cl)CC(=O)N1. The van der Waals surface area contributed by atoms with Crippen LogP contribution in [0, 0.1) is 5.92 Å². The lowest BCUT2D eigenvalue weighted by molar-refractivity contribution is -0.137. The van der Waals surface area contributed by atoms with Crippen molar-refractivity contribution in [2.24, 2.45) is 5.92 Å². The summed E-state index contributed by atoms with van der Waals surface area (Å²) in [5.41, 5.74) is 0. The molecule has 0 aromatic rings. The molecule has 0 radical (unpaired) electrons. The zero-order valence-electron chi connectivity index (χ0n) is 5.59. The van der Waals surface area contributed by atoms with Gasteiger partial charge in [-0.2, -0.15) is 0 Å². The van der Waals surface area contributed by atoms with Crippen LogP contribution in [0.15, 0.2) is 0 Å². The molecular formula is C6H6ClNO3. The van der Waals surface area contributed by atoms with Crippen LogP contribution in [0.4, 0.5) is 0 Å². The van der Waals surface area contributed by atoms with Crippen LogP contribution in [0.3, 0.4) is 0 Å². The third kappa shape index (κ3) is 2.01. The van der Waals surface area contributed by atoms with Crippen LogP contribution < -0.4 is 5.32 Å². The number of hydrogen-bond acceptors (Lipinski definition) is 3. The van der Waals surface area contributed by atoms with Gasteiger partial charge in [0.15, 0.2) is 0 Å². The van der Waals surface area contributed by atoms with Crippen LogP contribution in [-0.4, -0.2) is 17.1 Å². The van der Waals surface area contributed by atoms with Crippen LogP contribution in [0.1, 0.15) is 12.8 Å². The van der Waals surface area contributed by atoms with Crippen LogP contribution >= 0.6 is 11.6 Å². The molecule has 0 atom stereocenters. The van der Waals surface area contributed by atoms with Gasteiger partial charge in [0.2, 0.25) is 17.1 Å². The van der Waals surface area contributed by atoms with E-state index < -0.39 is 23.0 Å². The van der Waals surface area contributed by atoms with Crippen molar-refractivity contribution in [3.05, 3.63) is 0 Å². The maximum Gasteiger partial charge on any atom is 0.227 e. The Morgan fingerprint density at radius 2 is 1.82 bits per heavy atom. The van der Waals surface area contributed by atoms with Gasteiger partial charge < -0.3 is 0 Å². The van der Waals surface area contributed by atoms with Crippen molar-refractivity contribution in [2.75, 3.05) is 0 Å². The first-order valence-electron chi connectivity index (χ1n) is 3.11. The molecule has 0 saturated carbocycles. The van der Waals surface area contributed by atoms with Crippen molar-refractivity contribution in [3.63, 3.8) is 0 Å². The average Bonchev–Trinajstić information content (AvgIpc) is 1.85. The fraction of sp³-hybridized carbons (Fsp3) is 0.500. The molecule has 1 aliphatic rings. The van der Waals surface area contributed by atoms with Gasteiger partial charge in [0, 0.05) is 12.8 Å². The molecule has 0 unspecified atom stereocenters. The molecule has 1 heterocycles. The average molecular weight is 176 g/mol. The van der Waals surface area contributed by atoms with Gasteiger partial charge in [0.25, 0.3) is 0 Å². The first-order valence-corrected chi connectivity index (χ1v) is 3.49. The molecule has 0 aromatic carbocycles. The number of piperidine rings is 1. The Balaban J connectivity index is 2.63. The molecule has 0 aliphatic carbocycles. The number of hydrogen-bond donors (Lipinski definition) is 1. The van der Waals surface area contributed by atoms with E-state index in [0.29, 0.717) is 0 Å².